The first-order valence-electron chi connectivity index (χ1n) is 8.43. The van der Waals surface area contributed by atoms with Crippen molar-refractivity contribution in [3.63, 3.8) is 0 Å². The van der Waals surface area contributed by atoms with Gasteiger partial charge in [-0.15, -0.1) is 0 Å². The van der Waals surface area contributed by atoms with Gasteiger partial charge in [0.15, 0.2) is 0 Å². The van der Waals surface area contributed by atoms with Gasteiger partial charge in [-0.2, -0.15) is 0 Å². The van der Waals surface area contributed by atoms with Crippen LogP contribution in [-0.4, -0.2) is 13.1 Å². The van der Waals surface area contributed by atoms with Crippen molar-refractivity contribution in [1.82, 2.24) is 5.32 Å². The number of rotatable bonds is 9. The number of hydrogen-bond acceptors (Lipinski definition) is 1. The molecular formula is C17H35N. The zero-order valence-corrected chi connectivity index (χ0v) is 13.1. The van der Waals surface area contributed by atoms with Crippen LogP contribution in [-0.2, 0) is 0 Å². The standard InChI is InChI=1S/C17H35N/c1-4-6-8-9-13-17(3,12-7-5-2)16-11-10-14-18-15-16/h16,18H,4-15H2,1-3H3. The van der Waals surface area contributed by atoms with Crippen LogP contribution in [0.4, 0.5) is 0 Å². The SMILES string of the molecule is CCCCCCC(C)(CCCC)C1CCCNC1. The molecule has 0 saturated carbocycles. The molecule has 0 radical (unpaired) electrons. The lowest BCUT2D eigenvalue weighted by Gasteiger charge is -2.41. The van der Waals surface area contributed by atoms with Gasteiger partial charge in [-0.25, -0.2) is 0 Å². The van der Waals surface area contributed by atoms with Gasteiger partial charge < -0.3 is 5.32 Å². The van der Waals surface area contributed by atoms with Gasteiger partial charge in [-0.05, 0) is 50.1 Å². The number of piperidine rings is 1. The molecular weight excluding hydrogens is 218 g/mol. The van der Waals surface area contributed by atoms with Gasteiger partial charge in [0.25, 0.3) is 0 Å². The van der Waals surface area contributed by atoms with Crippen molar-refractivity contribution in [2.45, 2.75) is 85.0 Å². The summed E-state index contributed by atoms with van der Waals surface area (Å²) in [6.07, 6.45) is 14.2. The van der Waals surface area contributed by atoms with E-state index in [1.165, 1.54) is 77.3 Å². The van der Waals surface area contributed by atoms with Gasteiger partial charge in [-0.3, -0.25) is 0 Å². The largest absolute Gasteiger partial charge is 0.316 e. The molecule has 1 aliphatic heterocycles. The molecule has 0 spiro atoms. The second-order valence-corrected chi connectivity index (χ2v) is 6.61. The van der Waals surface area contributed by atoms with E-state index in [-0.39, 0.29) is 0 Å². The second-order valence-electron chi connectivity index (χ2n) is 6.61. The molecule has 0 aromatic carbocycles. The van der Waals surface area contributed by atoms with E-state index < -0.39 is 0 Å². The number of nitrogens with one attached hydrogen (secondary N) is 1. The highest BCUT2D eigenvalue weighted by atomic mass is 14.9. The van der Waals surface area contributed by atoms with E-state index in [1.807, 2.05) is 0 Å². The molecule has 0 aromatic heterocycles. The van der Waals surface area contributed by atoms with E-state index >= 15 is 0 Å². The number of hydrogen-bond donors (Lipinski definition) is 1. The normalized spacial score (nSPS) is 23.8. The maximum absolute atomic E-state index is 3.62. The summed E-state index contributed by atoms with van der Waals surface area (Å²) in [5.74, 6) is 0.930. The van der Waals surface area contributed by atoms with Crippen LogP contribution in [0, 0.1) is 11.3 Å². The van der Waals surface area contributed by atoms with E-state index in [1.54, 1.807) is 0 Å². The Labute approximate surface area is 115 Å². The van der Waals surface area contributed by atoms with Crippen LogP contribution in [0.25, 0.3) is 0 Å². The zero-order valence-electron chi connectivity index (χ0n) is 13.1. The summed E-state index contributed by atoms with van der Waals surface area (Å²) < 4.78 is 0. The van der Waals surface area contributed by atoms with E-state index in [0.29, 0.717) is 5.41 Å². The average molecular weight is 253 g/mol. The molecule has 18 heavy (non-hydrogen) atoms. The van der Waals surface area contributed by atoms with E-state index in [4.69, 9.17) is 0 Å². The van der Waals surface area contributed by atoms with Gasteiger partial charge in [-0.1, -0.05) is 59.3 Å². The molecule has 0 bridgehead atoms. The Morgan fingerprint density at radius 3 is 2.33 bits per heavy atom. The van der Waals surface area contributed by atoms with Crippen molar-refractivity contribution in [1.29, 1.82) is 0 Å². The molecule has 1 fully saturated rings. The van der Waals surface area contributed by atoms with Gasteiger partial charge in [0.2, 0.25) is 0 Å². The second kappa shape index (κ2) is 8.96. The summed E-state index contributed by atoms with van der Waals surface area (Å²) in [6, 6.07) is 0. The van der Waals surface area contributed by atoms with Crippen LogP contribution in [0.15, 0.2) is 0 Å². The molecule has 108 valence electrons. The Morgan fingerprint density at radius 1 is 1.00 bits per heavy atom. The topological polar surface area (TPSA) is 12.0 Å². The Morgan fingerprint density at radius 2 is 1.72 bits per heavy atom. The van der Waals surface area contributed by atoms with Crippen LogP contribution in [0.2, 0.25) is 0 Å². The third-order valence-corrected chi connectivity index (χ3v) is 4.99. The Hall–Kier alpha value is -0.0400. The van der Waals surface area contributed by atoms with Crippen molar-refractivity contribution >= 4 is 0 Å². The fraction of sp³-hybridized carbons (Fsp3) is 1.00. The maximum atomic E-state index is 3.62. The van der Waals surface area contributed by atoms with E-state index in [9.17, 15) is 0 Å². The molecule has 0 aliphatic carbocycles. The molecule has 1 heterocycles. The third-order valence-electron chi connectivity index (χ3n) is 4.99. The minimum atomic E-state index is 0.608. The number of unbranched alkanes of at least 4 members (excludes halogenated alkanes) is 4. The monoisotopic (exact) mass is 253 g/mol. The summed E-state index contributed by atoms with van der Waals surface area (Å²) in [5.41, 5.74) is 0.608. The summed E-state index contributed by atoms with van der Waals surface area (Å²) in [7, 11) is 0. The van der Waals surface area contributed by atoms with Crippen molar-refractivity contribution in [3.05, 3.63) is 0 Å². The Kier molecular flexibility index (Phi) is 7.97. The third kappa shape index (κ3) is 5.30. The van der Waals surface area contributed by atoms with Crippen molar-refractivity contribution < 1.29 is 0 Å². The quantitative estimate of drug-likeness (QED) is 0.560. The maximum Gasteiger partial charge on any atom is -0.00153 e. The average Bonchev–Trinajstić information content (AvgIpc) is 2.42. The van der Waals surface area contributed by atoms with Gasteiger partial charge in [0.1, 0.15) is 0 Å². The highest BCUT2D eigenvalue weighted by molar-refractivity contribution is 4.86. The summed E-state index contributed by atoms with van der Waals surface area (Å²) in [6.45, 7) is 9.73. The molecule has 0 amide bonds. The molecule has 1 nitrogen and oxygen atoms in total. The first-order chi connectivity index (χ1) is 8.73. The molecule has 1 aliphatic rings. The molecule has 1 saturated heterocycles. The fourth-order valence-electron chi connectivity index (χ4n) is 3.52. The summed E-state index contributed by atoms with van der Waals surface area (Å²) in [5, 5.41) is 3.62. The van der Waals surface area contributed by atoms with Crippen molar-refractivity contribution in [2.75, 3.05) is 13.1 Å². The lowest BCUT2D eigenvalue weighted by molar-refractivity contribution is 0.116. The van der Waals surface area contributed by atoms with Crippen LogP contribution >= 0.6 is 0 Å². The van der Waals surface area contributed by atoms with Gasteiger partial charge >= 0.3 is 0 Å². The molecule has 2 atom stereocenters. The van der Waals surface area contributed by atoms with Gasteiger partial charge in [0.05, 0.1) is 0 Å². The van der Waals surface area contributed by atoms with Crippen molar-refractivity contribution in [2.24, 2.45) is 11.3 Å². The predicted molar refractivity (Wildman–Crippen MR) is 82.0 cm³/mol. The fourth-order valence-corrected chi connectivity index (χ4v) is 3.52. The minimum Gasteiger partial charge on any atom is -0.316 e. The highest BCUT2D eigenvalue weighted by Gasteiger charge is 2.33. The van der Waals surface area contributed by atoms with Crippen LogP contribution < -0.4 is 5.32 Å². The van der Waals surface area contributed by atoms with Crippen LogP contribution in [0.5, 0.6) is 0 Å². The van der Waals surface area contributed by atoms with Crippen LogP contribution in [0.1, 0.15) is 85.0 Å². The molecule has 1 N–H and O–H groups in total. The summed E-state index contributed by atoms with van der Waals surface area (Å²) >= 11 is 0. The molecule has 0 aromatic rings. The van der Waals surface area contributed by atoms with Crippen LogP contribution in [0.3, 0.4) is 0 Å². The Balaban J connectivity index is 2.44. The first-order valence-corrected chi connectivity index (χ1v) is 8.43. The van der Waals surface area contributed by atoms with E-state index in [0.717, 1.165) is 5.92 Å². The van der Waals surface area contributed by atoms with Gasteiger partial charge in [0, 0.05) is 0 Å². The van der Waals surface area contributed by atoms with Crippen molar-refractivity contribution in [3.8, 4) is 0 Å². The zero-order chi connectivity index (χ0) is 13.3. The predicted octanol–water partition coefficient (Wildman–Crippen LogP) is 5.15. The highest BCUT2D eigenvalue weighted by Crippen LogP contribution is 2.41. The molecule has 1 heteroatoms. The minimum absolute atomic E-state index is 0.608. The smallest absolute Gasteiger partial charge is 0.00153 e. The lowest BCUT2D eigenvalue weighted by Crippen LogP contribution is -2.40. The Bertz CT molecular complexity index is 196. The first kappa shape index (κ1) is 16.0. The van der Waals surface area contributed by atoms with E-state index in [2.05, 4.69) is 26.1 Å². The summed E-state index contributed by atoms with van der Waals surface area (Å²) in [4.78, 5) is 0. The molecule has 1 rings (SSSR count). The lowest BCUT2D eigenvalue weighted by atomic mass is 9.67. The molecule has 2 unspecified atom stereocenters.